The van der Waals surface area contributed by atoms with E-state index in [1.54, 1.807) is 6.92 Å². The van der Waals surface area contributed by atoms with Crippen molar-refractivity contribution in [2.75, 3.05) is 5.32 Å². The molecule has 5 heteroatoms. The van der Waals surface area contributed by atoms with Gasteiger partial charge in [-0.05, 0) is 6.92 Å². The Kier molecular flexibility index (Phi) is 3.69. The van der Waals surface area contributed by atoms with Crippen LogP contribution in [0.2, 0.25) is 0 Å². The molecule has 0 atom stereocenters. The molecule has 1 rings (SSSR count). The molecule has 0 aromatic carbocycles. The lowest BCUT2D eigenvalue weighted by atomic mass is 10.4. The fourth-order valence-electron chi connectivity index (χ4n) is 0.813. The molecular formula is C8H11ClN2OS. The van der Waals surface area contributed by atoms with Gasteiger partial charge in [0.15, 0.2) is 5.13 Å². The van der Waals surface area contributed by atoms with E-state index in [2.05, 4.69) is 10.3 Å². The highest BCUT2D eigenvalue weighted by atomic mass is 35.5. The van der Waals surface area contributed by atoms with Crippen molar-refractivity contribution in [3.8, 4) is 0 Å². The summed E-state index contributed by atoms with van der Waals surface area (Å²) < 4.78 is 0. The van der Waals surface area contributed by atoms with Gasteiger partial charge in [-0.25, -0.2) is 4.98 Å². The van der Waals surface area contributed by atoms with E-state index in [4.69, 9.17) is 11.6 Å². The third-order valence-electron chi connectivity index (χ3n) is 1.58. The minimum Gasteiger partial charge on any atom is -0.302 e. The number of anilines is 1. The van der Waals surface area contributed by atoms with Gasteiger partial charge in [0.05, 0.1) is 11.6 Å². The summed E-state index contributed by atoms with van der Waals surface area (Å²) in [6.45, 7) is 3.69. The van der Waals surface area contributed by atoms with Gasteiger partial charge in [0, 0.05) is 11.3 Å². The summed E-state index contributed by atoms with van der Waals surface area (Å²) >= 11 is 7.10. The second-order valence-corrected chi connectivity index (χ2v) is 3.91. The zero-order chi connectivity index (χ0) is 9.84. The number of carbonyl (C=O) groups is 1. The molecule has 72 valence electrons. The van der Waals surface area contributed by atoms with Crippen LogP contribution in [0.1, 0.15) is 23.9 Å². The maximum Gasteiger partial charge on any atom is 0.225 e. The number of carbonyl (C=O) groups excluding carboxylic acids is 1. The number of alkyl halides is 1. The molecule has 0 saturated carbocycles. The monoisotopic (exact) mass is 218 g/mol. The summed E-state index contributed by atoms with van der Waals surface area (Å²) in [5.41, 5.74) is 0.895. The molecule has 0 radical (unpaired) electrons. The van der Waals surface area contributed by atoms with Gasteiger partial charge < -0.3 is 5.32 Å². The first-order valence-electron chi connectivity index (χ1n) is 3.99. The molecule has 1 aromatic rings. The standard InChI is InChI=1S/C8H11ClN2OS/c1-3-7(12)11-8-10-5(2)6(4-9)13-8/h3-4H2,1-2H3,(H,10,11,12). The maximum atomic E-state index is 11.0. The van der Waals surface area contributed by atoms with E-state index in [1.807, 2.05) is 6.92 Å². The third kappa shape index (κ3) is 2.67. The smallest absolute Gasteiger partial charge is 0.225 e. The van der Waals surface area contributed by atoms with Crippen LogP contribution in [0.4, 0.5) is 5.13 Å². The minimum atomic E-state index is -0.0186. The highest BCUT2D eigenvalue weighted by molar-refractivity contribution is 7.16. The molecule has 0 aliphatic rings. The van der Waals surface area contributed by atoms with Gasteiger partial charge in [0.1, 0.15) is 0 Å². The Bertz CT molecular complexity index is 311. The highest BCUT2D eigenvalue weighted by Gasteiger charge is 2.07. The zero-order valence-corrected chi connectivity index (χ0v) is 9.13. The first kappa shape index (κ1) is 10.5. The molecule has 0 aliphatic heterocycles. The number of amides is 1. The topological polar surface area (TPSA) is 42.0 Å². The molecule has 0 fully saturated rings. The summed E-state index contributed by atoms with van der Waals surface area (Å²) in [4.78, 5) is 16.2. The number of nitrogens with zero attached hydrogens (tertiary/aromatic N) is 1. The van der Waals surface area contributed by atoms with E-state index in [9.17, 15) is 4.79 Å². The van der Waals surface area contributed by atoms with Crippen molar-refractivity contribution in [3.05, 3.63) is 10.6 Å². The molecule has 0 saturated heterocycles. The fraction of sp³-hybridized carbons (Fsp3) is 0.500. The van der Waals surface area contributed by atoms with Gasteiger partial charge in [-0.2, -0.15) is 0 Å². The lowest BCUT2D eigenvalue weighted by Crippen LogP contribution is -2.08. The molecule has 0 bridgehead atoms. The lowest BCUT2D eigenvalue weighted by Gasteiger charge is -1.95. The molecule has 1 heterocycles. The van der Waals surface area contributed by atoms with Gasteiger partial charge in [-0.15, -0.1) is 22.9 Å². The molecule has 0 unspecified atom stereocenters. The van der Waals surface area contributed by atoms with Crippen molar-refractivity contribution in [3.63, 3.8) is 0 Å². The van der Waals surface area contributed by atoms with Crippen molar-refractivity contribution in [1.29, 1.82) is 0 Å². The molecule has 0 spiro atoms. The summed E-state index contributed by atoms with van der Waals surface area (Å²) in [5, 5.41) is 3.34. The molecule has 13 heavy (non-hydrogen) atoms. The molecule has 1 amide bonds. The van der Waals surface area contributed by atoms with Crippen LogP contribution in [0, 0.1) is 6.92 Å². The van der Waals surface area contributed by atoms with Crippen molar-refractivity contribution in [2.24, 2.45) is 0 Å². The predicted octanol–water partition coefficient (Wildman–Crippen LogP) is 2.54. The van der Waals surface area contributed by atoms with Crippen molar-refractivity contribution in [1.82, 2.24) is 4.98 Å². The van der Waals surface area contributed by atoms with Gasteiger partial charge in [0.25, 0.3) is 0 Å². The second kappa shape index (κ2) is 4.58. The fourth-order valence-corrected chi connectivity index (χ4v) is 2.00. The largest absolute Gasteiger partial charge is 0.302 e. The lowest BCUT2D eigenvalue weighted by molar-refractivity contribution is -0.115. The van der Waals surface area contributed by atoms with Gasteiger partial charge in [0.2, 0.25) is 5.91 Å². The second-order valence-electron chi connectivity index (χ2n) is 2.56. The van der Waals surface area contributed by atoms with Crippen LogP contribution in [0.3, 0.4) is 0 Å². The molecular weight excluding hydrogens is 208 g/mol. The van der Waals surface area contributed by atoms with E-state index >= 15 is 0 Å². The highest BCUT2D eigenvalue weighted by Crippen LogP contribution is 2.23. The third-order valence-corrected chi connectivity index (χ3v) is 3.08. The number of aromatic nitrogens is 1. The Morgan fingerprint density at radius 2 is 2.38 bits per heavy atom. The van der Waals surface area contributed by atoms with Gasteiger partial charge in [-0.3, -0.25) is 4.79 Å². The van der Waals surface area contributed by atoms with Crippen molar-refractivity contribution < 1.29 is 4.79 Å². The summed E-state index contributed by atoms with van der Waals surface area (Å²) in [6, 6.07) is 0. The van der Waals surface area contributed by atoms with E-state index in [-0.39, 0.29) is 5.91 Å². The number of halogens is 1. The maximum absolute atomic E-state index is 11.0. The first-order valence-corrected chi connectivity index (χ1v) is 5.34. The Hall–Kier alpha value is -0.610. The van der Waals surface area contributed by atoms with Crippen LogP contribution in [0.25, 0.3) is 0 Å². The van der Waals surface area contributed by atoms with Crippen LogP contribution in [0.15, 0.2) is 0 Å². The van der Waals surface area contributed by atoms with E-state index in [1.165, 1.54) is 11.3 Å². The SMILES string of the molecule is CCC(=O)Nc1nc(C)c(CCl)s1. The van der Waals surface area contributed by atoms with E-state index in [0.29, 0.717) is 17.4 Å². The summed E-state index contributed by atoms with van der Waals surface area (Å²) in [7, 11) is 0. The van der Waals surface area contributed by atoms with Crippen LogP contribution < -0.4 is 5.32 Å². The Morgan fingerprint density at radius 3 is 2.85 bits per heavy atom. The number of hydrogen-bond donors (Lipinski definition) is 1. The molecule has 1 N–H and O–H groups in total. The Morgan fingerprint density at radius 1 is 1.69 bits per heavy atom. The summed E-state index contributed by atoms with van der Waals surface area (Å²) in [5.74, 6) is 0.431. The summed E-state index contributed by atoms with van der Waals surface area (Å²) in [6.07, 6.45) is 0.467. The molecule has 3 nitrogen and oxygen atoms in total. The van der Waals surface area contributed by atoms with Gasteiger partial charge in [-0.1, -0.05) is 6.92 Å². The Labute approximate surface area is 86.1 Å². The van der Waals surface area contributed by atoms with Crippen molar-refractivity contribution in [2.45, 2.75) is 26.1 Å². The first-order chi connectivity index (χ1) is 6.17. The number of hydrogen-bond acceptors (Lipinski definition) is 3. The molecule has 1 aromatic heterocycles. The molecule has 0 aliphatic carbocycles. The van der Waals surface area contributed by atoms with Crippen LogP contribution in [-0.4, -0.2) is 10.9 Å². The van der Waals surface area contributed by atoms with Crippen molar-refractivity contribution >= 4 is 34.0 Å². The van der Waals surface area contributed by atoms with E-state index < -0.39 is 0 Å². The van der Waals surface area contributed by atoms with Crippen LogP contribution >= 0.6 is 22.9 Å². The predicted molar refractivity (Wildman–Crippen MR) is 55.3 cm³/mol. The van der Waals surface area contributed by atoms with E-state index in [0.717, 1.165) is 10.6 Å². The zero-order valence-electron chi connectivity index (χ0n) is 7.56. The quantitative estimate of drug-likeness (QED) is 0.793. The average molecular weight is 219 g/mol. The number of aryl methyl sites for hydroxylation is 1. The number of thiazole rings is 1. The average Bonchev–Trinajstić information content (AvgIpc) is 2.46. The normalized spacial score (nSPS) is 10.1. The number of rotatable bonds is 3. The van der Waals surface area contributed by atoms with Crippen LogP contribution in [-0.2, 0) is 10.7 Å². The Balaban J connectivity index is 2.73. The minimum absolute atomic E-state index is 0.0186. The number of nitrogens with one attached hydrogen (secondary N) is 1. The van der Waals surface area contributed by atoms with Crippen LogP contribution in [0.5, 0.6) is 0 Å². The van der Waals surface area contributed by atoms with Gasteiger partial charge >= 0.3 is 0 Å².